The quantitative estimate of drug-likeness (QED) is 0.530. The van der Waals surface area contributed by atoms with Gasteiger partial charge < -0.3 is 22.1 Å². The van der Waals surface area contributed by atoms with E-state index in [0.29, 0.717) is 17.7 Å². The van der Waals surface area contributed by atoms with E-state index < -0.39 is 0 Å². The van der Waals surface area contributed by atoms with E-state index in [9.17, 15) is 4.39 Å². The minimum absolute atomic E-state index is 0.0691. The molecule has 0 saturated carbocycles. The molecule has 0 amide bonds. The summed E-state index contributed by atoms with van der Waals surface area (Å²) >= 11 is 0. The Kier molecular flexibility index (Phi) is 6.77. The summed E-state index contributed by atoms with van der Waals surface area (Å²) in [6.07, 6.45) is 1.68. The van der Waals surface area contributed by atoms with Gasteiger partial charge in [0.1, 0.15) is 11.6 Å². The molecule has 1 aromatic carbocycles. The molecule has 1 unspecified atom stereocenters. The highest BCUT2D eigenvalue weighted by atomic mass is 19.1. The Hall–Kier alpha value is -2.02. The molecule has 3 rings (SSSR count). The second-order valence-electron chi connectivity index (χ2n) is 7.59. The predicted molar refractivity (Wildman–Crippen MR) is 108 cm³/mol. The Morgan fingerprint density at radius 1 is 1.30 bits per heavy atom. The summed E-state index contributed by atoms with van der Waals surface area (Å²) in [4.78, 5) is 4.47. The maximum Gasteiger partial charge on any atom is 0.123 e. The second kappa shape index (κ2) is 9.26. The van der Waals surface area contributed by atoms with Gasteiger partial charge in [-0.3, -0.25) is 0 Å². The number of nitrogens with two attached hydrogens (primary N) is 2. The highest BCUT2D eigenvalue weighted by molar-refractivity contribution is 5.34. The number of anilines is 1. The van der Waals surface area contributed by atoms with E-state index in [2.05, 4.69) is 21.7 Å². The molecule has 2 heterocycles. The van der Waals surface area contributed by atoms with Crippen molar-refractivity contribution < 1.29 is 4.39 Å². The van der Waals surface area contributed by atoms with Crippen molar-refractivity contribution in [1.29, 1.82) is 0 Å². The van der Waals surface area contributed by atoms with Crippen LogP contribution in [0.25, 0.3) is 0 Å². The third kappa shape index (κ3) is 5.73. The number of aryl methyl sites for hydroxylation is 1. The molecular formula is C21H30FN5. The summed E-state index contributed by atoms with van der Waals surface area (Å²) in [6.45, 7) is 5.47. The van der Waals surface area contributed by atoms with Crippen LogP contribution in [0.5, 0.6) is 0 Å². The minimum Gasteiger partial charge on any atom is -0.384 e. The van der Waals surface area contributed by atoms with Crippen LogP contribution in [0.2, 0.25) is 0 Å². The summed E-state index contributed by atoms with van der Waals surface area (Å²) in [7, 11) is 0. The van der Waals surface area contributed by atoms with E-state index in [0.717, 1.165) is 55.8 Å². The molecule has 0 spiro atoms. The van der Waals surface area contributed by atoms with Gasteiger partial charge in [-0.25, -0.2) is 9.37 Å². The SMILES string of the molecule is Cc1cc(N)nc(C[C@@H]2CNC[C@H]2C(N)CNCCc2cccc(F)c2)c1. The van der Waals surface area contributed by atoms with Crippen molar-refractivity contribution in [3.8, 4) is 0 Å². The number of benzene rings is 1. The molecule has 6 heteroatoms. The normalized spacial score (nSPS) is 20.7. The van der Waals surface area contributed by atoms with Gasteiger partial charge in [0.05, 0.1) is 0 Å². The first-order chi connectivity index (χ1) is 13.0. The van der Waals surface area contributed by atoms with Crippen LogP contribution in [0, 0.1) is 24.6 Å². The smallest absolute Gasteiger partial charge is 0.123 e. The van der Waals surface area contributed by atoms with Crippen LogP contribution in [-0.4, -0.2) is 37.2 Å². The molecule has 1 aromatic heterocycles. The lowest BCUT2D eigenvalue weighted by molar-refractivity contribution is 0.336. The third-order valence-corrected chi connectivity index (χ3v) is 5.32. The fourth-order valence-corrected chi connectivity index (χ4v) is 3.96. The van der Waals surface area contributed by atoms with Gasteiger partial charge in [-0.1, -0.05) is 12.1 Å². The molecule has 6 N–H and O–H groups in total. The molecule has 0 radical (unpaired) electrons. The zero-order chi connectivity index (χ0) is 19.2. The van der Waals surface area contributed by atoms with Crippen molar-refractivity contribution in [2.24, 2.45) is 17.6 Å². The minimum atomic E-state index is -0.186. The molecule has 3 atom stereocenters. The van der Waals surface area contributed by atoms with E-state index in [1.807, 2.05) is 19.1 Å². The number of nitrogen functional groups attached to an aromatic ring is 1. The van der Waals surface area contributed by atoms with Crippen LogP contribution >= 0.6 is 0 Å². The monoisotopic (exact) mass is 371 g/mol. The lowest BCUT2D eigenvalue weighted by Crippen LogP contribution is -2.44. The molecule has 5 nitrogen and oxygen atoms in total. The Labute approximate surface area is 160 Å². The predicted octanol–water partition coefficient (Wildman–Crippen LogP) is 1.65. The molecule has 0 aliphatic carbocycles. The summed E-state index contributed by atoms with van der Waals surface area (Å²) in [5, 5.41) is 6.89. The van der Waals surface area contributed by atoms with Gasteiger partial charge in [0, 0.05) is 18.3 Å². The van der Waals surface area contributed by atoms with Crippen LogP contribution in [0.4, 0.5) is 10.2 Å². The highest BCUT2D eigenvalue weighted by Gasteiger charge is 2.32. The van der Waals surface area contributed by atoms with Crippen LogP contribution in [0.1, 0.15) is 16.8 Å². The number of aromatic nitrogens is 1. The van der Waals surface area contributed by atoms with Crippen molar-refractivity contribution >= 4 is 5.82 Å². The highest BCUT2D eigenvalue weighted by Crippen LogP contribution is 2.24. The number of pyridine rings is 1. The molecule has 1 saturated heterocycles. The van der Waals surface area contributed by atoms with Gasteiger partial charge in [-0.05, 0) is 86.6 Å². The average molecular weight is 372 g/mol. The van der Waals surface area contributed by atoms with E-state index in [4.69, 9.17) is 11.5 Å². The molecule has 1 aliphatic rings. The van der Waals surface area contributed by atoms with Gasteiger partial charge in [0.2, 0.25) is 0 Å². The summed E-state index contributed by atoms with van der Waals surface area (Å²) in [5.74, 6) is 1.25. The van der Waals surface area contributed by atoms with E-state index >= 15 is 0 Å². The van der Waals surface area contributed by atoms with Crippen molar-refractivity contribution in [2.45, 2.75) is 25.8 Å². The largest absolute Gasteiger partial charge is 0.384 e. The average Bonchev–Trinajstić information content (AvgIpc) is 3.06. The van der Waals surface area contributed by atoms with Gasteiger partial charge in [-0.2, -0.15) is 0 Å². The molecule has 146 valence electrons. The Bertz CT molecular complexity index is 731. The zero-order valence-corrected chi connectivity index (χ0v) is 15.9. The van der Waals surface area contributed by atoms with Crippen molar-refractivity contribution in [2.75, 3.05) is 31.9 Å². The number of nitrogens with zero attached hydrogens (tertiary/aromatic N) is 1. The summed E-state index contributed by atoms with van der Waals surface area (Å²) in [6, 6.07) is 10.8. The Morgan fingerprint density at radius 3 is 2.93 bits per heavy atom. The first kappa shape index (κ1) is 19.7. The van der Waals surface area contributed by atoms with Crippen molar-refractivity contribution in [3.05, 3.63) is 59.0 Å². The standard InChI is InChI=1S/C21H30FN5/c1-14-7-18(27-21(24)8-14)10-16-11-26-12-19(16)20(23)13-25-6-5-15-3-2-4-17(22)9-15/h2-4,7-9,16,19-20,25-26H,5-6,10-13,23H2,1H3,(H2,24,27)/t16-,19-,20?/m1/s1. The molecule has 1 fully saturated rings. The van der Waals surface area contributed by atoms with Crippen molar-refractivity contribution in [3.63, 3.8) is 0 Å². The van der Waals surface area contributed by atoms with Crippen LogP contribution in [0.3, 0.4) is 0 Å². The van der Waals surface area contributed by atoms with E-state index in [1.165, 1.54) is 6.07 Å². The lowest BCUT2D eigenvalue weighted by atomic mass is 9.86. The van der Waals surface area contributed by atoms with Gasteiger partial charge in [-0.15, -0.1) is 0 Å². The first-order valence-electron chi connectivity index (χ1n) is 9.66. The molecule has 27 heavy (non-hydrogen) atoms. The fourth-order valence-electron chi connectivity index (χ4n) is 3.96. The van der Waals surface area contributed by atoms with E-state index in [1.54, 1.807) is 12.1 Å². The molecular weight excluding hydrogens is 341 g/mol. The number of rotatable bonds is 8. The zero-order valence-electron chi connectivity index (χ0n) is 15.9. The number of nitrogens with one attached hydrogen (secondary N) is 2. The third-order valence-electron chi connectivity index (χ3n) is 5.32. The Morgan fingerprint density at radius 2 is 2.15 bits per heavy atom. The number of hydrogen-bond acceptors (Lipinski definition) is 5. The van der Waals surface area contributed by atoms with Gasteiger partial charge in [0.15, 0.2) is 0 Å². The number of halogens is 1. The fraction of sp³-hybridized carbons (Fsp3) is 0.476. The van der Waals surface area contributed by atoms with Gasteiger partial charge >= 0.3 is 0 Å². The first-order valence-corrected chi connectivity index (χ1v) is 9.66. The summed E-state index contributed by atoms with van der Waals surface area (Å²) in [5.41, 5.74) is 15.5. The second-order valence-corrected chi connectivity index (χ2v) is 7.59. The lowest BCUT2D eigenvalue weighted by Gasteiger charge is -2.25. The van der Waals surface area contributed by atoms with Crippen LogP contribution in [-0.2, 0) is 12.8 Å². The molecule has 0 bridgehead atoms. The molecule has 2 aromatic rings. The topological polar surface area (TPSA) is 89.0 Å². The van der Waals surface area contributed by atoms with Crippen LogP contribution < -0.4 is 22.1 Å². The maximum absolute atomic E-state index is 13.2. The van der Waals surface area contributed by atoms with Crippen LogP contribution in [0.15, 0.2) is 36.4 Å². The van der Waals surface area contributed by atoms with Crippen molar-refractivity contribution in [1.82, 2.24) is 15.6 Å². The maximum atomic E-state index is 13.2. The van der Waals surface area contributed by atoms with Gasteiger partial charge in [0.25, 0.3) is 0 Å². The summed E-state index contributed by atoms with van der Waals surface area (Å²) < 4.78 is 13.2. The van der Waals surface area contributed by atoms with E-state index in [-0.39, 0.29) is 11.9 Å². The molecule has 1 aliphatic heterocycles. The number of hydrogen-bond donors (Lipinski definition) is 4. The Balaban J connectivity index is 1.47.